The highest BCUT2D eigenvalue weighted by atomic mass is 16.5. The molecule has 2 rings (SSSR count). The minimum atomic E-state index is -0.0765. The molecule has 1 aromatic rings. The Labute approximate surface area is 143 Å². The van der Waals surface area contributed by atoms with Gasteiger partial charge in [-0.2, -0.15) is 0 Å². The second kappa shape index (κ2) is 7.38. The van der Waals surface area contributed by atoms with Crippen molar-refractivity contribution < 1.29 is 14.3 Å². The molecule has 0 aromatic heterocycles. The van der Waals surface area contributed by atoms with Crippen LogP contribution in [-0.2, 0) is 4.79 Å². The number of rotatable bonds is 5. The molecule has 0 bridgehead atoms. The molecule has 0 radical (unpaired) electrons. The van der Waals surface area contributed by atoms with Gasteiger partial charge in [-0.3, -0.25) is 9.59 Å². The second-order valence-electron chi connectivity index (χ2n) is 6.40. The predicted octanol–water partition coefficient (Wildman–Crippen LogP) is 1.67. The van der Waals surface area contributed by atoms with E-state index in [2.05, 4.69) is 11.9 Å². The molecule has 0 spiro atoms. The SMILES string of the molecule is C=C(C)CNC(=O)CC1COc2ccc(C(=O)N(C)C)cc2N1C. The van der Waals surface area contributed by atoms with Crippen LogP contribution in [-0.4, -0.2) is 57.1 Å². The molecule has 0 saturated carbocycles. The zero-order valence-corrected chi connectivity index (χ0v) is 14.8. The fourth-order valence-electron chi connectivity index (χ4n) is 2.53. The van der Waals surface area contributed by atoms with Crippen LogP contribution in [0.5, 0.6) is 5.75 Å². The van der Waals surface area contributed by atoms with Crippen LogP contribution < -0.4 is 15.0 Å². The Balaban J connectivity index is 2.12. The summed E-state index contributed by atoms with van der Waals surface area (Å²) in [6, 6.07) is 5.30. The lowest BCUT2D eigenvalue weighted by molar-refractivity contribution is -0.121. The average molecular weight is 331 g/mol. The number of carbonyl (C=O) groups is 2. The van der Waals surface area contributed by atoms with E-state index in [-0.39, 0.29) is 17.9 Å². The predicted molar refractivity (Wildman–Crippen MR) is 94.6 cm³/mol. The Hall–Kier alpha value is -2.50. The Morgan fingerprint density at radius 2 is 2.12 bits per heavy atom. The molecular weight excluding hydrogens is 306 g/mol. The maximum Gasteiger partial charge on any atom is 0.253 e. The summed E-state index contributed by atoms with van der Waals surface area (Å²) in [6.45, 7) is 6.56. The van der Waals surface area contributed by atoms with Crippen LogP contribution in [0.25, 0.3) is 0 Å². The number of nitrogens with one attached hydrogen (secondary N) is 1. The molecule has 1 aliphatic rings. The second-order valence-corrected chi connectivity index (χ2v) is 6.40. The van der Waals surface area contributed by atoms with Crippen LogP contribution in [0.15, 0.2) is 30.4 Å². The van der Waals surface area contributed by atoms with Crippen molar-refractivity contribution in [3.8, 4) is 5.75 Å². The van der Waals surface area contributed by atoms with Crippen molar-refractivity contribution in [2.75, 3.05) is 39.2 Å². The molecule has 1 unspecified atom stereocenters. The lowest BCUT2D eigenvalue weighted by Gasteiger charge is -2.35. The quantitative estimate of drug-likeness (QED) is 0.834. The van der Waals surface area contributed by atoms with Crippen LogP contribution in [0, 0.1) is 0 Å². The fraction of sp³-hybridized carbons (Fsp3) is 0.444. The van der Waals surface area contributed by atoms with Crippen LogP contribution >= 0.6 is 0 Å². The van der Waals surface area contributed by atoms with Crippen LogP contribution in [0.4, 0.5) is 5.69 Å². The van der Waals surface area contributed by atoms with E-state index in [1.165, 1.54) is 4.90 Å². The maximum absolute atomic E-state index is 12.1. The molecule has 0 aliphatic carbocycles. The van der Waals surface area contributed by atoms with Crippen LogP contribution in [0.2, 0.25) is 0 Å². The van der Waals surface area contributed by atoms with Gasteiger partial charge in [0.15, 0.2) is 0 Å². The Morgan fingerprint density at radius 3 is 2.75 bits per heavy atom. The van der Waals surface area contributed by atoms with Crippen molar-refractivity contribution in [1.82, 2.24) is 10.2 Å². The first-order valence-corrected chi connectivity index (χ1v) is 7.92. The molecular formula is C18H25N3O3. The lowest BCUT2D eigenvalue weighted by atomic mass is 10.1. The largest absolute Gasteiger partial charge is 0.489 e. The third-order valence-electron chi connectivity index (χ3n) is 3.98. The zero-order chi connectivity index (χ0) is 17.9. The first-order valence-electron chi connectivity index (χ1n) is 7.92. The first kappa shape index (κ1) is 17.8. The van der Waals surface area contributed by atoms with E-state index in [9.17, 15) is 9.59 Å². The highest BCUT2D eigenvalue weighted by molar-refractivity contribution is 5.95. The lowest BCUT2D eigenvalue weighted by Crippen LogP contribution is -2.44. The highest BCUT2D eigenvalue weighted by Crippen LogP contribution is 2.34. The van der Waals surface area contributed by atoms with Gasteiger partial charge < -0.3 is 19.9 Å². The first-order chi connectivity index (χ1) is 11.3. The maximum atomic E-state index is 12.1. The van der Waals surface area contributed by atoms with Gasteiger partial charge in [-0.1, -0.05) is 12.2 Å². The Bertz CT molecular complexity index is 655. The minimum Gasteiger partial charge on any atom is -0.489 e. The van der Waals surface area contributed by atoms with E-state index >= 15 is 0 Å². The number of ether oxygens (including phenoxy) is 1. The van der Waals surface area contributed by atoms with E-state index in [1.807, 2.05) is 24.9 Å². The third kappa shape index (κ3) is 4.07. The van der Waals surface area contributed by atoms with E-state index in [0.717, 1.165) is 17.0 Å². The van der Waals surface area contributed by atoms with Crippen molar-refractivity contribution in [1.29, 1.82) is 0 Å². The standard InChI is InChI=1S/C18H25N3O3/c1-12(2)10-19-17(22)9-14-11-24-16-7-6-13(18(23)20(3)4)8-15(16)21(14)5/h6-8,14H,1,9-11H2,2-5H3,(H,19,22). The number of hydrogen-bond acceptors (Lipinski definition) is 4. The van der Waals surface area contributed by atoms with Gasteiger partial charge >= 0.3 is 0 Å². The summed E-state index contributed by atoms with van der Waals surface area (Å²) in [7, 11) is 5.36. The van der Waals surface area contributed by atoms with Gasteiger partial charge in [0.05, 0.1) is 18.2 Å². The van der Waals surface area contributed by atoms with Crippen molar-refractivity contribution in [2.24, 2.45) is 0 Å². The number of hydrogen-bond donors (Lipinski definition) is 1. The van der Waals surface area contributed by atoms with Gasteiger partial charge in [0, 0.05) is 33.3 Å². The van der Waals surface area contributed by atoms with Gasteiger partial charge in [0.2, 0.25) is 5.91 Å². The molecule has 0 saturated heterocycles. The molecule has 1 heterocycles. The molecule has 1 aliphatic heterocycles. The molecule has 1 N–H and O–H groups in total. The number of carbonyl (C=O) groups excluding carboxylic acids is 2. The molecule has 24 heavy (non-hydrogen) atoms. The van der Waals surface area contributed by atoms with Crippen molar-refractivity contribution in [3.63, 3.8) is 0 Å². The van der Waals surface area contributed by atoms with Crippen molar-refractivity contribution >= 4 is 17.5 Å². The molecule has 6 nitrogen and oxygen atoms in total. The molecule has 2 amide bonds. The van der Waals surface area contributed by atoms with Gasteiger partial charge in [-0.25, -0.2) is 0 Å². The number of fused-ring (bicyclic) bond motifs is 1. The average Bonchev–Trinajstić information content (AvgIpc) is 2.54. The Kier molecular flexibility index (Phi) is 5.49. The van der Waals surface area contributed by atoms with Crippen LogP contribution in [0.3, 0.4) is 0 Å². The van der Waals surface area contributed by atoms with E-state index in [1.54, 1.807) is 26.2 Å². The molecule has 130 valence electrons. The number of amides is 2. The number of benzene rings is 1. The smallest absolute Gasteiger partial charge is 0.253 e. The van der Waals surface area contributed by atoms with E-state index in [4.69, 9.17) is 4.74 Å². The van der Waals surface area contributed by atoms with Gasteiger partial charge in [-0.05, 0) is 25.1 Å². The van der Waals surface area contributed by atoms with Gasteiger partial charge in [0.25, 0.3) is 5.91 Å². The van der Waals surface area contributed by atoms with E-state index in [0.29, 0.717) is 25.1 Å². The number of anilines is 1. The topological polar surface area (TPSA) is 61.9 Å². The van der Waals surface area contributed by atoms with Gasteiger partial charge in [-0.15, -0.1) is 0 Å². The highest BCUT2D eigenvalue weighted by Gasteiger charge is 2.27. The Morgan fingerprint density at radius 1 is 1.42 bits per heavy atom. The molecule has 1 atom stereocenters. The number of likely N-dealkylation sites (N-methyl/N-ethyl adjacent to an activating group) is 1. The number of nitrogens with zero attached hydrogens (tertiary/aromatic N) is 2. The van der Waals surface area contributed by atoms with Gasteiger partial charge in [0.1, 0.15) is 12.4 Å². The molecule has 0 fully saturated rings. The summed E-state index contributed by atoms with van der Waals surface area (Å²) in [5.41, 5.74) is 2.34. The van der Waals surface area contributed by atoms with E-state index < -0.39 is 0 Å². The van der Waals surface area contributed by atoms with Crippen molar-refractivity contribution in [2.45, 2.75) is 19.4 Å². The van der Waals surface area contributed by atoms with Crippen LogP contribution in [0.1, 0.15) is 23.7 Å². The molecule has 6 heteroatoms. The normalized spacial score (nSPS) is 16.0. The molecule has 1 aromatic carbocycles. The minimum absolute atomic E-state index is 0.0394. The van der Waals surface area contributed by atoms with Crippen molar-refractivity contribution in [3.05, 3.63) is 35.9 Å². The third-order valence-corrected chi connectivity index (χ3v) is 3.98. The summed E-state index contributed by atoms with van der Waals surface area (Å²) < 4.78 is 5.76. The summed E-state index contributed by atoms with van der Waals surface area (Å²) in [5, 5.41) is 2.84. The summed E-state index contributed by atoms with van der Waals surface area (Å²) in [4.78, 5) is 27.7. The summed E-state index contributed by atoms with van der Waals surface area (Å²) >= 11 is 0. The zero-order valence-electron chi connectivity index (χ0n) is 14.8. The summed E-state index contributed by atoms with van der Waals surface area (Å²) in [6.07, 6.45) is 0.328. The fourth-order valence-corrected chi connectivity index (χ4v) is 2.53. The monoisotopic (exact) mass is 331 g/mol. The summed E-state index contributed by atoms with van der Waals surface area (Å²) in [5.74, 6) is 0.626.